The van der Waals surface area contributed by atoms with Crippen LogP contribution in [0.15, 0.2) is 53.4 Å². The van der Waals surface area contributed by atoms with E-state index >= 15 is 0 Å². The molecule has 1 saturated carbocycles. The van der Waals surface area contributed by atoms with Gasteiger partial charge in [0.2, 0.25) is 10.0 Å². The van der Waals surface area contributed by atoms with Gasteiger partial charge >= 0.3 is 5.97 Å². The van der Waals surface area contributed by atoms with Crippen LogP contribution >= 0.6 is 0 Å². The molecule has 0 heterocycles. The van der Waals surface area contributed by atoms with E-state index < -0.39 is 16.0 Å². The number of ether oxygens (including phenoxy) is 2. The van der Waals surface area contributed by atoms with Gasteiger partial charge in [-0.2, -0.15) is 4.31 Å². The van der Waals surface area contributed by atoms with Crippen LogP contribution in [0, 0.1) is 5.92 Å². The summed E-state index contributed by atoms with van der Waals surface area (Å²) in [6.07, 6.45) is 2.38. The molecule has 0 spiro atoms. The number of nitrogens with zero attached hydrogens (tertiary/aromatic N) is 2. The highest BCUT2D eigenvalue weighted by atomic mass is 32.2. The summed E-state index contributed by atoms with van der Waals surface area (Å²) in [5.74, 6) is 0.722. The molecular weight excluding hydrogens is 404 g/mol. The van der Waals surface area contributed by atoms with E-state index in [1.54, 1.807) is 12.1 Å². The summed E-state index contributed by atoms with van der Waals surface area (Å²) in [6, 6.07) is 13.9. The fourth-order valence-corrected chi connectivity index (χ4v) is 4.11. The maximum Gasteiger partial charge on any atom is 0.303 e. The zero-order chi connectivity index (χ0) is 21.7. The monoisotopic (exact) mass is 432 g/mol. The maximum atomic E-state index is 13.2. The molecule has 8 heteroatoms. The van der Waals surface area contributed by atoms with E-state index in [2.05, 4.69) is 0 Å². The van der Waals surface area contributed by atoms with Crippen LogP contribution in [0.4, 0.5) is 5.69 Å². The van der Waals surface area contributed by atoms with Gasteiger partial charge in [-0.25, -0.2) is 8.42 Å². The summed E-state index contributed by atoms with van der Waals surface area (Å²) >= 11 is 0. The van der Waals surface area contributed by atoms with Crippen LogP contribution in [0.1, 0.15) is 25.3 Å². The van der Waals surface area contributed by atoms with E-state index in [9.17, 15) is 13.2 Å². The van der Waals surface area contributed by atoms with Crippen LogP contribution < -0.4 is 9.64 Å². The van der Waals surface area contributed by atoms with Crippen molar-refractivity contribution in [2.75, 3.05) is 32.3 Å². The zero-order valence-electron chi connectivity index (χ0n) is 17.6. The van der Waals surface area contributed by atoms with Crippen molar-refractivity contribution in [2.24, 2.45) is 5.92 Å². The second kappa shape index (κ2) is 9.49. The van der Waals surface area contributed by atoms with Crippen molar-refractivity contribution in [1.29, 1.82) is 0 Å². The highest BCUT2D eigenvalue weighted by Gasteiger charge is 2.26. The van der Waals surface area contributed by atoms with Crippen molar-refractivity contribution >= 4 is 21.7 Å². The second-order valence-corrected chi connectivity index (χ2v) is 9.60. The number of esters is 1. The van der Waals surface area contributed by atoms with Crippen molar-refractivity contribution in [2.45, 2.75) is 31.2 Å². The molecule has 2 aromatic carbocycles. The smallest absolute Gasteiger partial charge is 0.303 e. The Hall–Kier alpha value is -2.58. The fraction of sp³-hybridized carbons (Fsp3) is 0.409. The van der Waals surface area contributed by atoms with E-state index in [0.29, 0.717) is 18.3 Å². The van der Waals surface area contributed by atoms with E-state index in [-0.39, 0.29) is 18.2 Å². The van der Waals surface area contributed by atoms with Gasteiger partial charge < -0.3 is 14.4 Å². The Labute approximate surface area is 178 Å². The zero-order valence-corrected chi connectivity index (χ0v) is 18.4. The Morgan fingerprint density at radius 1 is 1.03 bits per heavy atom. The Morgan fingerprint density at radius 2 is 1.67 bits per heavy atom. The van der Waals surface area contributed by atoms with Gasteiger partial charge in [-0.3, -0.25) is 4.79 Å². The second-order valence-electron chi connectivity index (χ2n) is 7.67. The first-order valence-electron chi connectivity index (χ1n) is 9.88. The number of hydrogen-bond donors (Lipinski definition) is 0. The molecule has 2 aromatic rings. The average Bonchev–Trinajstić information content (AvgIpc) is 3.54. The number of carbonyl (C=O) groups excluding carboxylic acids is 1. The number of benzene rings is 2. The molecular formula is C22H28N2O5S. The predicted molar refractivity (Wildman–Crippen MR) is 115 cm³/mol. The molecule has 0 amide bonds. The summed E-state index contributed by atoms with van der Waals surface area (Å²) in [6.45, 7) is 1.65. The number of rotatable bonds is 10. The van der Waals surface area contributed by atoms with Crippen LogP contribution in [0.3, 0.4) is 0 Å². The maximum absolute atomic E-state index is 13.2. The summed E-state index contributed by atoms with van der Waals surface area (Å²) in [4.78, 5) is 13.4. The van der Waals surface area contributed by atoms with Crippen molar-refractivity contribution in [1.82, 2.24) is 4.31 Å². The van der Waals surface area contributed by atoms with Crippen molar-refractivity contribution in [3.8, 4) is 5.75 Å². The minimum atomic E-state index is -3.87. The Morgan fingerprint density at radius 3 is 2.20 bits per heavy atom. The van der Waals surface area contributed by atoms with Gasteiger partial charge in [-0.15, -0.1) is 0 Å². The molecule has 0 radical (unpaired) electrons. The van der Waals surface area contributed by atoms with Crippen LogP contribution in [-0.4, -0.2) is 46.1 Å². The molecule has 30 heavy (non-hydrogen) atoms. The number of sulfonamides is 1. The van der Waals surface area contributed by atoms with Gasteiger partial charge in [0.15, 0.2) is 6.73 Å². The lowest BCUT2D eigenvalue weighted by Gasteiger charge is -2.22. The minimum absolute atomic E-state index is 0.0866. The minimum Gasteiger partial charge on any atom is -0.493 e. The molecule has 0 N–H and O–H groups in total. The quantitative estimate of drug-likeness (QED) is 0.424. The van der Waals surface area contributed by atoms with E-state index in [4.69, 9.17) is 9.47 Å². The van der Waals surface area contributed by atoms with Gasteiger partial charge in [0.1, 0.15) is 5.75 Å². The molecule has 1 fully saturated rings. The summed E-state index contributed by atoms with van der Waals surface area (Å²) in [7, 11) is 0.00310. The third kappa shape index (κ3) is 5.96. The third-order valence-electron chi connectivity index (χ3n) is 4.87. The molecule has 0 atom stereocenters. The predicted octanol–water partition coefficient (Wildman–Crippen LogP) is 3.25. The first-order valence-corrected chi connectivity index (χ1v) is 11.3. The summed E-state index contributed by atoms with van der Waals surface area (Å²) < 4.78 is 38.2. The molecule has 0 saturated heterocycles. The lowest BCUT2D eigenvalue weighted by atomic mass is 10.2. The number of anilines is 1. The Balaban J connectivity index is 1.77. The van der Waals surface area contributed by atoms with Crippen molar-refractivity contribution < 1.29 is 22.7 Å². The lowest BCUT2D eigenvalue weighted by Crippen LogP contribution is -2.33. The molecule has 0 aliphatic heterocycles. The van der Waals surface area contributed by atoms with E-state index in [0.717, 1.165) is 15.6 Å². The average molecular weight is 433 g/mol. The first kappa shape index (κ1) is 22.1. The van der Waals surface area contributed by atoms with Crippen LogP contribution in [0.5, 0.6) is 5.75 Å². The van der Waals surface area contributed by atoms with Crippen LogP contribution in [-0.2, 0) is 26.1 Å². The number of hydrogen-bond acceptors (Lipinski definition) is 6. The van der Waals surface area contributed by atoms with E-state index in [1.807, 2.05) is 43.3 Å². The van der Waals surface area contributed by atoms with Gasteiger partial charge in [0.25, 0.3) is 0 Å². The largest absolute Gasteiger partial charge is 0.493 e. The molecule has 0 unspecified atom stereocenters. The molecule has 0 aromatic heterocycles. The molecule has 162 valence electrons. The Kier molecular flexibility index (Phi) is 6.99. The van der Waals surface area contributed by atoms with Crippen molar-refractivity contribution in [3.63, 3.8) is 0 Å². The van der Waals surface area contributed by atoms with Gasteiger partial charge in [0.05, 0.1) is 11.5 Å². The van der Waals surface area contributed by atoms with Crippen LogP contribution in [0.2, 0.25) is 0 Å². The lowest BCUT2D eigenvalue weighted by molar-refractivity contribution is -0.143. The Bertz CT molecular complexity index is 952. The van der Waals surface area contributed by atoms with Gasteiger partial charge in [0, 0.05) is 33.3 Å². The molecule has 1 aliphatic rings. The molecule has 7 nitrogen and oxygen atoms in total. The van der Waals surface area contributed by atoms with Gasteiger partial charge in [-0.05, 0) is 60.7 Å². The van der Waals surface area contributed by atoms with E-state index in [1.165, 1.54) is 31.9 Å². The molecule has 0 bridgehead atoms. The fourth-order valence-electron chi connectivity index (χ4n) is 2.82. The number of carbonyl (C=O) groups is 1. The van der Waals surface area contributed by atoms with Crippen molar-refractivity contribution in [3.05, 3.63) is 54.1 Å². The van der Waals surface area contributed by atoms with Crippen LogP contribution in [0.25, 0.3) is 0 Å². The standard InChI is InChI=1S/C22H28N2O5S/c1-17(25)29-16-24(14-18-6-8-20(9-7-18)23(2)3)30(26,27)22-12-10-21(11-13-22)28-15-19-4-5-19/h6-13,19H,4-5,14-16H2,1-3H3. The topological polar surface area (TPSA) is 76.2 Å². The summed E-state index contributed by atoms with van der Waals surface area (Å²) in [5, 5.41) is 0. The normalized spacial score (nSPS) is 13.9. The first-order chi connectivity index (χ1) is 14.3. The third-order valence-corrected chi connectivity index (χ3v) is 6.65. The summed E-state index contributed by atoms with van der Waals surface area (Å²) in [5.41, 5.74) is 1.80. The molecule has 1 aliphatic carbocycles. The molecule has 3 rings (SSSR count). The highest BCUT2D eigenvalue weighted by molar-refractivity contribution is 7.89. The highest BCUT2D eigenvalue weighted by Crippen LogP contribution is 2.30. The SMILES string of the molecule is CC(=O)OCN(Cc1ccc(N(C)C)cc1)S(=O)(=O)c1ccc(OCC2CC2)cc1. The van der Waals surface area contributed by atoms with Gasteiger partial charge in [-0.1, -0.05) is 12.1 Å².